The zero-order valence-electron chi connectivity index (χ0n) is 11.8. The van der Waals surface area contributed by atoms with Crippen LogP contribution in [0.3, 0.4) is 0 Å². The quantitative estimate of drug-likeness (QED) is 0.581. The minimum Gasteiger partial charge on any atom is -0.460 e. The lowest BCUT2D eigenvalue weighted by atomic mass is 10.0. The maximum atomic E-state index is 13.7. The number of ether oxygens (including phenoxy) is 3. The Balaban J connectivity index is 1.98. The molecule has 2 aromatic rings. The molecule has 0 aliphatic heterocycles. The highest BCUT2D eigenvalue weighted by atomic mass is 19.1. The molecule has 0 radical (unpaired) electrons. The Kier molecular flexibility index (Phi) is 5.66. The highest BCUT2D eigenvalue weighted by molar-refractivity contribution is 6.04. The summed E-state index contributed by atoms with van der Waals surface area (Å²) < 4.78 is 28.8. The van der Waals surface area contributed by atoms with E-state index < -0.39 is 5.97 Å². The fraction of sp³-hybridized carbons (Fsp3) is 0.312. The predicted molar refractivity (Wildman–Crippen MR) is 76.9 cm³/mol. The van der Waals surface area contributed by atoms with E-state index in [1.165, 1.54) is 12.1 Å². The molecule has 4 nitrogen and oxygen atoms in total. The number of hydrogen-bond donors (Lipinski definition) is 0. The maximum Gasteiger partial charge on any atom is 0.338 e. The minimum atomic E-state index is -0.485. The van der Waals surface area contributed by atoms with Gasteiger partial charge in [0, 0.05) is 12.5 Å². The molecule has 112 valence electrons. The van der Waals surface area contributed by atoms with Crippen LogP contribution in [0.25, 0.3) is 10.8 Å². The van der Waals surface area contributed by atoms with Crippen LogP contribution >= 0.6 is 0 Å². The van der Waals surface area contributed by atoms with E-state index in [1.54, 1.807) is 31.4 Å². The van der Waals surface area contributed by atoms with Gasteiger partial charge in [-0.3, -0.25) is 0 Å². The molecule has 2 aromatic carbocycles. The van der Waals surface area contributed by atoms with Crippen molar-refractivity contribution >= 4 is 16.7 Å². The summed E-state index contributed by atoms with van der Waals surface area (Å²) >= 11 is 0. The molecule has 0 saturated heterocycles. The number of carbonyl (C=O) groups excluding carboxylic acids is 1. The molecule has 2 rings (SSSR count). The average molecular weight is 292 g/mol. The van der Waals surface area contributed by atoms with Gasteiger partial charge in [-0.05, 0) is 17.5 Å². The van der Waals surface area contributed by atoms with E-state index in [2.05, 4.69) is 0 Å². The highest BCUT2D eigenvalue weighted by Crippen LogP contribution is 2.22. The van der Waals surface area contributed by atoms with Crippen LogP contribution in [0.15, 0.2) is 36.4 Å². The molecule has 5 heteroatoms. The zero-order chi connectivity index (χ0) is 15.1. The molecular weight excluding hydrogens is 275 g/mol. The largest absolute Gasteiger partial charge is 0.460 e. The first-order valence-corrected chi connectivity index (χ1v) is 6.65. The highest BCUT2D eigenvalue weighted by Gasteiger charge is 2.13. The van der Waals surface area contributed by atoms with E-state index in [9.17, 15) is 9.18 Å². The number of benzene rings is 2. The second kappa shape index (κ2) is 7.71. The van der Waals surface area contributed by atoms with Crippen LogP contribution in [0.5, 0.6) is 0 Å². The summed E-state index contributed by atoms with van der Waals surface area (Å²) in [4.78, 5) is 12.0. The lowest BCUT2D eigenvalue weighted by molar-refractivity contribution is 0.0215. The van der Waals surface area contributed by atoms with E-state index in [1.807, 2.05) is 0 Å². The van der Waals surface area contributed by atoms with Crippen molar-refractivity contribution in [3.8, 4) is 0 Å². The van der Waals surface area contributed by atoms with E-state index in [0.29, 0.717) is 36.2 Å². The monoisotopic (exact) mass is 292 g/mol. The summed E-state index contributed by atoms with van der Waals surface area (Å²) in [5, 5.41) is 0.950. The van der Waals surface area contributed by atoms with Crippen LogP contribution in [0.1, 0.15) is 10.4 Å². The van der Waals surface area contributed by atoms with Crippen molar-refractivity contribution < 1.29 is 23.4 Å². The minimum absolute atomic E-state index is 0.147. The Hall–Kier alpha value is -1.98. The van der Waals surface area contributed by atoms with E-state index in [-0.39, 0.29) is 12.4 Å². The van der Waals surface area contributed by atoms with Gasteiger partial charge in [0.2, 0.25) is 0 Å². The van der Waals surface area contributed by atoms with Crippen molar-refractivity contribution in [2.24, 2.45) is 0 Å². The van der Waals surface area contributed by atoms with Gasteiger partial charge in [-0.15, -0.1) is 0 Å². The summed E-state index contributed by atoms with van der Waals surface area (Å²) in [6.45, 7) is 1.40. The molecule has 0 aromatic heterocycles. The molecule has 0 saturated carbocycles. The zero-order valence-corrected chi connectivity index (χ0v) is 11.8. The first-order chi connectivity index (χ1) is 10.2. The third-order valence-corrected chi connectivity index (χ3v) is 2.98. The molecule has 0 spiro atoms. The molecular formula is C16H17FO4. The van der Waals surface area contributed by atoms with Crippen molar-refractivity contribution in [1.82, 2.24) is 0 Å². The molecule has 21 heavy (non-hydrogen) atoms. The molecule has 0 unspecified atom stereocenters. The third-order valence-electron chi connectivity index (χ3n) is 2.98. The van der Waals surface area contributed by atoms with Gasteiger partial charge < -0.3 is 14.2 Å². The second-order valence-corrected chi connectivity index (χ2v) is 4.38. The van der Waals surface area contributed by atoms with Crippen molar-refractivity contribution in [3.63, 3.8) is 0 Å². The Labute approximate surface area is 122 Å². The molecule has 0 bridgehead atoms. The second-order valence-electron chi connectivity index (χ2n) is 4.38. The Morgan fingerprint density at radius 3 is 2.48 bits per heavy atom. The average Bonchev–Trinajstić information content (AvgIpc) is 2.51. The number of rotatable bonds is 7. The number of hydrogen-bond acceptors (Lipinski definition) is 4. The van der Waals surface area contributed by atoms with Crippen LogP contribution in [-0.2, 0) is 14.2 Å². The fourth-order valence-electron chi connectivity index (χ4n) is 1.96. The summed E-state index contributed by atoms with van der Waals surface area (Å²) in [6.07, 6.45) is 0. The van der Waals surface area contributed by atoms with Crippen molar-refractivity contribution in [3.05, 3.63) is 47.8 Å². The Bertz CT molecular complexity index is 612. The van der Waals surface area contributed by atoms with Gasteiger partial charge in [0.05, 0.1) is 25.4 Å². The fourth-order valence-corrected chi connectivity index (χ4v) is 1.96. The molecule has 0 amide bonds. The summed E-state index contributed by atoms with van der Waals surface area (Å²) in [5.41, 5.74) is 0.351. The first kappa shape index (κ1) is 15.4. The predicted octanol–water partition coefficient (Wildman–Crippen LogP) is 2.80. The van der Waals surface area contributed by atoms with E-state index in [0.717, 1.165) is 0 Å². The van der Waals surface area contributed by atoms with Gasteiger partial charge in [-0.2, -0.15) is 0 Å². The van der Waals surface area contributed by atoms with Gasteiger partial charge >= 0.3 is 5.97 Å². The molecule has 0 fully saturated rings. The normalized spacial score (nSPS) is 10.8. The third kappa shape index (κ3) is 4.00. The molecule has 0 aliphatic rings. The molecule has 0 aliphatic carbocycles. The summed E-state index contributed by atoms with van der Waals surface area (Å²) in [6, 6.07) is 9.52. The lowest BCUT2D eigenvalue weighted by Crippen LogP contribution is -2.13. The van der Waals surface area contributed by atoms with Gasteiger partial charge in [0.25, 0.3) is 0 Å². The van der Waals surface area contributed by atoms with Crippen LogP contribution < -0.4 is 0 Å². The smallest absolute Gasteiger partial charge is 0.338 e. The number of carbonyl (C=O) groups is 1. The molecule has 0 heterocycles. The van der Waals surface area contributed by atoms with Gasteiger partial charge in [0.15, 0.2) is 0 Å². The van der Waals surface area contributed by atoms with Crippen LogP contribution in [-0.4, -0.2) is 39.5 Å². The van der Waals surface area contributed by atoms with Crippen molar-refractivity contribution in [1.29, 1.82) is 0 Å². The number of fused-ring (bicyclic) bond motifs is 1. The number of esters is 1. The number of methoxy groups -OCH3 is 1. The lowest BCUT2D eigenvalue weighted by Gasteiger charge is -2.08. The summed E-state index contributed by atoms with van der Waals surface area (Å²) in [7, 11) is 1.59. The van der Waals surface area contributed by atoms with Gasteiger partial charge in [-0.25, -0.2) is 9.18 Å². The van der Waals surface area contributed by atoms with Crippen molar-refractivity contribution in [2.75, 3.05) is 33.5 Å². The SMILES string of the molecule is COCCOCCOC(=O)c1ccc(F)c2ccccc12. The van der Waals surface area contributed by atoms with E-state index in [4.69, 9.17) is 14.2 Å². The Morgan fingerprint density at radius 2 is 1.71 bits per heavy atom. The van der Waals surface area contributed by atoms with Gasteiger partial charge in [0.1, 0.15) is 12.4 Å². The van der Waals surface area contributed by atoms with E-state index >= 15 is 0 Å². The van der Waals surface area contributed by atoms with Crippen LogP contribution in [0.2, 0.25) is 0 Å². The number of halogens is 1. The first-order valence-electron chi connectivity index (χ1n) is 6.65. The topological polar surface area (TPSA) is 44.8 Å². The Morgan fingerprint density at radius 1 is 1.00 bits per heavy atom. The van der Waals surface area contributed by atoms with Crippen LogP contribution in [0.4, 0.5) is 4.39 Å². The molecule has 0 N–H and O–H groups in total. The molecule has 0 atom stereocenters. The maximum absolute atomic E-state index is 13.7. The standard InChI is InChI=1S/C16H17FO4/c1-19-8-9-20-10-11-21-16(18)14-6-7-15(17)13-5-3-2-4-12(13)14/h2-7H,8-11H2,1H3. The van der Waals surface area contributed by atoms with Crippen molar-refractivity contribution in [2.45, 2.75) is 0 Å². The van der Waals surface area contributed by atoms with Gasteiger partial charge in [-0.1, -0.05) is 24.3 Å². The summed E-state index contributed by atoms with van der Waals surface area (Å²) in [5.74, 6) is -0.841. The van der Waals surface area contributed by atoms with Crippen LogP contribution in [0, 0.1) is 5.82 Å².